The molecule has 2 aliphatic heterocycles. The third-order valence-electron chi connectivity index (χ3n) is 6.37. The average molecular weight is 494 g/mol. The molecule has 180 valence electrons. The molecule has 3 heterocycles. The molecule has 1 amide bonds. The molecule has 0 radical (unpaired) electrons. The highest BCUT2D eigenvalue weighted by Crippen LogP contribution is 2.26. The van der Waals surface area contributed by atoms with Gasteiger partial charge >= 0.3 is 0 Å². The number of carbonyl (C=O) groups excluding carboxylic acids is 1. The van der Waals surface area contributed by atoms with Crippen molar-refractivity contribution >= 4 is 33.2 Å². The Balaban J connectivity index is 1.55. The van der Waals surface area contributed by atoms with Gasteiger partial charge in [0, 0.05) is 62.7 Å². The highest BCUT2D eigenvalue weighted by Gasteiger charge is 2.36. The first-order chi connectivity index (χ1) is 15.8. The van der Waals surface area contributed by atoms with Crippen LogP contribution in [0.25, 0.3) is 0 Å². The Morgan fingerprint density at radius 3 is 2.45 bits per heavy atom. The lowest BCUT2D eigenvalue weighted by atomic mass is 10.00. The lowest BCUT2D eigenvalue weighted by Crippen LogP contribution is -2.49. The molecule has 0 unspecified atom stereocenters. The number of piperidine rings is 1. The maximum Gasteiger partial charge on any atom is 0.263 e. The van der Waals surface area contributed by atoms with E-state index in [2.05, 4.69) is 16.9 Å². The van der Waals surface area contributed by atoms with Gasteiger partial charge in [-0.25, -0.2) is 8.42 Å². The van der Waals surface area contributed by atoms with Crippen molar-refractivity contribution in [2.45, 2.75) is 44.7 Å². The van der Waals surface area contributed by atoms with Crippen molar-refractivity contribution in [3.05, 3.63) is 41.0 Å². The number of rotatable bonds is 6. The van der Waals surface area contributed by atoms with Crippen LogP contribution in [-0.2, 0) is 16.6 Å². The summed E-state index contributed by atoms with van der Waals surface area (Å²) in [5, 5.41) is 4.94. The van der Waals surface area contributed by atoms with Crippen LogP contribution in [0.4, 0.5) is 5.69 Å². The van der Waals surface area contributed by atoms with Gasteiger partial charge in [0.1, 0.15) is 0 Å². The van der Waals surface area contributed by atoms with E-state index >= 15 is 0 Å². The Bertz CT molecular complexity index is 1080. The van der Waals surface area contributed by atoms with E-state index < -0.39 is 10.0 Å². The van der Waals surface area contributed by atoms with Gasteiger partial charge < -0.3 is 9.80 Å². The summed E-state index contributed by atoms with van der Waals surface area (Å²) in [4.78, 5) is 17.3. The Kier molecular flexibility index (Phi) is 7.31. The molecule has 0 N–H and O–H groups in total. The topological polar surface area (TPSA) is 78.8 Å². The van der Waals surface area contributed by atoms with Crippen LogP contribution in [0.3, 0.4) is 0 Å². The Morgan fingerprint density at radius 2 is 1.82 bits per heavy atom. The zero-order valence-electron chi connectivity index (χ0n) is 19.3. The second-order valence-electron chi connectivity index (χ2n) is 8.98. The van der Waals surface area contributed by atoms with Gasteiger partial charge in [-0.1, -0.05) is 25.4 Å². The van der Waals surface area contributed by atoms with Gasteiger partial charge in [0.25, 0.3) is 15.9 Å². The normalized spacial score (nSPS) is 20.3. The molecule has 2 fully saturated rings. The molecule has 8 nitrogen and oxygen atoms in total. The van der Waals surface area contributed by atoms with E-state index in [0.717, 1.165) is 24.9 Å². The second kappa shape index (κ2) is 10.0. The summed E-state index contributed by atoms with van der Waals surface area (Å²) >= 11 is 5.98. The van der Waals surface area contributed by atoms with E-state index in [1.165, 1.54) is 4.31 Å². The average Bonchev–Trinajstić information content (AvgIpc) is 3.24. The van der Waals surface area contributed by atoms with Gasteiger partial charge in [0.15, 0.2) is 0 Å². The minimum absolute atomic E-state index is 0.112. The quantitative estimate of drug-likeness (QED) is 0.616. The van der Waals surface area contributed by atoms with E-state index in [1.807, 2.05) is 31.2 Å². The minimum atomic E-state index is -3.89. The fraction of sp³-hybridized carbons (Fsp3) is 0.565. The van der Waals surface area contributed by atoms with Gasteiger partial charge in [-0.3, -0.25) is 9.48 Å². The molecule has 2 saturated heterocycles. The predicted octanol–water partition coefficient (Wildman–Crippen LogP) is 3.33. The van der Waals surface area contributed by atoms with Crippen molar-refractivity contribution in [3.8, 4) is 0 Å². The van der Waals surface area contributed by atoms with Crippen molar-refractivity contribution < 1.29 is 13.2 Å². The number of halogens is 1. The number of likely N-dealkylation sites (tertiary alicyclic amines) is 1. The van der Waals surface area contributed by atoms with Crippen molar-refractivity contribution in [2.24, 2.45) is 5.92 Å². The number of hydrogen-bond acceptors (Lipinski definition) is 5. The third-order valence-corrected chi connectivity index (χ3v) is 8.46. The van der Waals surface area contributed by atoms with E-state index in [4.69, 9.17) is 11.6 Å². The van der Waals surface area contributed by atoms with E-state index in [1.54, 1.807) is 15.8 Å². The number of aryl methyl sites for hydroxylation is 1. The van der Waals surface area contributed by atoms with Crippen LogP contribution in [0.15, 0.2) is 35.5 Å². The molecule has 1 aromatic carbocycles. The summed E-state index contributed by atoms with van der Waals surface area (Å²) in [5.41, 5.74) is 1.21. The molecule has 10 heteroatoms. The van der Waals surface area contributed by atoms with Crippen molar-refractivity contribution in [3.63, 3.8) is 0 Å². The van der Waals surface area contributed by atoms with E-state index in [0.29, 0.717) is 56.8 Å². The molecule has 0 saturated carbocycles. The van der Waals surface area contributed by atoms with E-state index in [9.17, 15) is 13.2 Å². The molecule has 1 aromatic heterocycles. The summed E-state index contributed by atoms with van der Waals surface area (Å²) in [6.07, 6.45) is 4.43. The van der Waals surface area contributed by atoms with Crippen LogP contribution in [-0.4, -0.2) is 72.6 Å². The summed E-state index contributed by atoms with van der Waals surface area (Å²) in [7, 11) is -3.89. The molecular weight excluding hydrogens is 462 g/mol. The fourth-order valence-electron chi connectivity index (χ4n) is 4.59. The summed E-state index contributed by atoms with van der Waals surface area (Å²) in [6.45, 7) is 7.78. The zero-order valence-corrected chi connectivity index (χ0v) is 20.9. The molecule has 0 bridgehead atoms. The molecule has 4 rings (SSSR count). The fourth-order valence-corrected chi connectivity index (χ4v) is 6.23. The monoisotopic (exact) mass is 493 g/mol. The number of nitrogens with zero attached hydrogens (tertiary/aromatic N) is 5. The third kappa shape index (κ3) is 5.20. The predicted molar refractivity (Wildman–Crippen MR) is 129 cm³/mol. The van der Waals surface area contributed by atoms with Crippen molar-refractivity contribution in [2.75, 3.05) is 44.2 Å². The highest BCUT2D eigenvalue weighted by molar-refractivity contribution is 7.89. The van der Waals surface area contributed by atoms with Crippen LogP contribution < -0.4 is 4.90 Å². The number of sulfonamides is 1. The van der Waals surface area contributed by atoms with Crippen LogP contribution >= 0.6 is 11.6 Å². The Morgan fingerprint density at radius 1 is 1.12 bits per heavy atom. The molecule has 2 aromatic rings. The number of anilines is 1. The lowest BCUT2D eigenvalue weighted by Gasteiger charge is -2.35. The van der Waals surface area contributed by atoms with Crippen molar-refractivity contribution in [1.82, 2.24) is 19.0 Å². The number of aromatic nitrogens is 2. The summed E-state index contributed by atoms with van der Waals surface area (Å²) in [6, 6.07) is 7.55. The largest absolute Gasteiger partial charge is 0.369 e. The SMILES string of the molecule is CCCn1cc(C(=O)N2CCC[C@@H](C)C2)c(S(=O)(=O)N2CCN(c3ccc(Cl)cc3)CC2)n1. The first kappa shape index (κ1) is 24.0. The van der Waals surface area contributed by atoms with Crippen LogP contribution in [0.1, 0.15) is 43.5 Å². The van der Waals surface area contributed by atoms with Crippen molar-refractivity contribution in [1.29, 1.82) is 0 Å². The maximum atomic E-state index is 13.6. The van der Waals surface area contributed by atoms with Gasteiger partial charge in [0.2, 0.25) is 5.03 Å². The minimum Gasteiger partial charge on any atom is -0.369 e. The standard InChI is InChI=1S/C23H32ClN5O3S/c1-3-10-28-17-21(23(30)27-11-4-5-18(2)16-27)22(25-28)33(31,32)29-14-12-26(13-15-29)20-8-6-19(24)7-9-20/h6-9,17-18H,3-5,10-16H2,1-2H3/t18-/m1/s1. The molecule has 0 aliphatic carbocycles. The number of carbonyl (C=O) groups is 1. The first-order valence-corrected chi connectivity index (χ1v) is 13.5. The molecular formula is C23H32ClN5O3S. The van der Waals surface area contributed by atoms with Crippen LogP contribution in [0.2, 0.25) is 5.02 Å². The molecule has 2 aliphatic rings. The molecule has 0 spiro atoms. The summed E-state index contributed by atoms with van der Waals surface area (Å²) < 4.78 is 30.3. The number of hydrogen-bond donors (Lipinski definition) is 0. The smallest absolute Gasteiger partial charge is 0.263 e. The summed E-state index contributed by atoms with van der Waals surface area (Å²) in [5.74, 6) is 0.177. The van der Waals surface area contributed by atoms with Gasteiger partial charge in [0.05, 0.1) is 5.56 Å². The Hall–Kier alpha value is -2.10. The van der Waals surface area contributed by atoms with Crippen LogP contribution in [0.5, 0.6) is 0 Å². The van der Waals surface area contributed by atoms with Crippen LogP contribution in [0, 0.1) is 5.92 Å². The van der Waals surface area contributed by atoms with E-state index in [-0.39, 0.29) is 16.5 Å². The lowest BCUT2D eigenvalue weighted by molar-refractivity contribution is 0.0679. The van der Waals surface area contributed by atoms with Gasteiger partial charge in [-0.05, 0) is 49.4 Å². The maximum absolute atomic E-state index is 13.6. The molecule has 1 atom stereocenters. The number of piperazine rings is 1. The van der Waals surface area contributed by atoms with Gasteiger partial charge in [-0.15, -0.1) is 0 Å². The highest BCUT2D eigenvalue weighted by atomic mass is 35.5. The number of amides is 1. The number of benzene rings is 1. The second-order valence-corrected chi connectivity index (χ2v) is 11.3. The molecule has 33 heavy (non-hydrogen) atoms. The first-order valence-electron chi connectivity index (χ1n) is 11.7. The van der Waals surface area contributed by atoms with Gasteiger partial charge in [-0.2, -0.15) is 9.40 Å². The Labute approximate surface area is 201 Å². The zero-order chi connectivity index (χ0) is 23.6.